The highest BCUT2D eigenvalue weighted by atomic mass is 15.0. The first-order valence-electron chi connectivity index (χ1n) is 6.54. The van der Waals surface area contributed by atoms with Crippen LogP contribution in [-0.2, 0) is 0 Å². The fraction of sp³-hybridized carbons (Fsp3) is 0.0667. The second-order valence-electron chi connectivity index (χ2n) is 4.90. The molecule has 4 rings (SSSR count). The topological polar surface area (TPSA) is 93.4 Å². The largest absolute Gasteiger partial charge is 0.368 e. The molecule has 4 heterocycles. The van der Waals surface area contributed by atoms with E-state index in [2.05, 4.69) is 31.0 Å². The predicted molar refractivity (Wildman–Crippen MR) is 81.6 cm³/mol. The molecule has 0 aliphatic carbocycles. The summed E-state index contributed by atoms with van der Waals surface area (Å²) in [7, 11) is 0. The van der Waals surface area contributed by atoms with Crippen LogP contribution in [-0.4, -0.2) is 24.9 Å². The van der Waals surface area contributed by atoms with Crippen molar-refractivity contribution in [1.29, 1.82) is 0 Å². The van der Waals surface area contributed by atoms with Gasteiger partial charge in [-0.05, 0) is 25.1 Å². The van der Waals surface area contributed by atoms with Gasteiger partial charge in [-0.1, -0.05) is 0 Å². The van der Waals surface area contributed by atoms with Crippen LogP contribution in [0.3, 0.4) is 0 Å². The number of fused-ring (bicyclic) bond motifs is 2. The number of aryl methyl sites for hydroxylation is 1. The lowest BCUT2D eigenvalue weighted by atomic mass is 10.1. The lowest BCUT2D eigenvalue weighted by Gasteiger charge is -2.05. The maximum Gasteiger partial charge on any atom is 0.222 e. The Labute approximate surface area is 120 Å². The molecule has 0 unspecified atom stereocenters. The van der Waals surface area contributed by atoms with Crippen molar-refractivity contribution < 1.29 is 0 Å². The second kappa shape index (κ2) is 4.24. The minimum absolute atomic E-state index is 0.246. The molecule has 6 heteroatoms. The summed E-state index contributed by atoms with van der Waals surface area (Å²) in [4.78, 5) is 20.2. The summed E-state index contributed by atoms with van der Waals surface area (Å²) < 4.78 is 0. The van der Waals surface area contributed by atoms with Crippen molar-refractivity contribution in [3.63, 3.8) is 0 Å². The monoisotopic (exact) mass is 276 g/mol. The van der Waals surface area contributed by atoms with E-state index < -0.39 is 0 Å². The van der Waals surface area contributed by atoms with Gasteiger partial charge in [0.05, 0.1) is 5.69 Å². The number of nitrogens with one attached hydrogen (secondary N) is 1. The SMILES string of the molecule is Cc1nc(N)nc2ncc(-c3cnc4[nH]ccc4c3)cc12. The van der Waals surface area contributed by atoms with Crippen molar-refractivity contribution in [2.75, 3.05) is 5.73 Å². The molecular formula is C15H12N6. The third-order valence-electron chi connectivity index (χ3n) is 3.49. The molecule has 4 aromatic heterocycles. The summed E-state index contributed by atoms with van der Waals surface area (Å²) in [6.07, 6.45) is 5.49. The Bertz CT molecular complexity index is 972. The molecule has 0 radical (unpaired) electrons. The Balaban J connectivity index is 1.93. The molecule has 0 saturated carbocycles. The average molecular weight is 276 g/mol. The third-order valence-corrected chi connectivity index (χ3v) is 3.49. The fourth-order valence-corrected chi connectivity index (χ4v) is 2.43. The van der Waals surface area contributed by atoms with Crippen molar-refractivity contribution in [1.82, 2.24) is 24.9 Å². The van der Waals surface area contributed by atoms with Gasteiger partial charge in [0.2, 0.25) is 5.95 Å². The summed E-state index contributed by atoms with van der Waals surface area (Å²) in [5.74, 6) is 0.246. The minimum Gasteiger partial charge on any atom is -0.368 e. The normalized spacial score (nSPS) is 11.3. The molecular weight excluding hydrogens is 264 g/mol. The first-order valence-corrected chi connectivity index (χ1v) is 6.54. The van der Waals surface area contributed by atoms with Gasteiger partial charge in [0.25, 0.3) is 0 Å². The van der Waals surface area contributed by atoms with E-state index in [4.69, 9.17) is 5.73 Å². The Hall–Kier alpha value is -3.02. The zero-order valence-corrected chi connectivity index (χ0v) is 11.3. The Kier molecular flexibility index (Phi) is 2.38. The van der Waals surface area contributed by atoms with Gasteiger partial charge < -0.3 is 10.7 Å². The number of rotatable bonds is 1. The van der Waals surface area contributed by atoms with E-state index in [-0.39, 0.29) is 5.95 Å². The van der Waals surface area contributed by atoms with Crippen LogP contribution < -0.4 is 5.73 Å². The van der Waals surface area contributed by atoms with E-state index in [1.165, 1.54) is 0 Å². The number of aromatic nitrogens is 5. The quantitative estimate of drug-likeness (QED) is 0.557. The van der Waals surface area contributed by atoms with E-state index in [0.29, 0.717) is 5.65 Å². The number of H-pyrrole nitrogens is 1. The van der Waals surface area contributed by atoms with Gasteiger partial charge in [0.15, 0.2) is 5.65 Å². The molecule has 3 N–H and O–H groups in total. The summed E-state index contributed by atoms with van der Waals surface area (Å²) in [6.45, 7) is 1.90. The minimum atomic E-state index is 0.246. The van der Waals surface area contributed by atoms with Crippen LogP contribution in [0.25, 0.3) is 33.2 Å². The Morgan fingerprint density at radius 3 is 2.76 bits per heavy atom. The number of pyridine rings is 2. The van der Waals surface area contributed by atoms with Crippen molar-refractivity contribution in [2.45, 2.75) is 6.92 Å². The van der Waals surface area contributed by atoms with Gasteiger partial charge in [0.1, 0.15) is 5.65 Å². The van der Waals surface area contributed by atoms with Crippen molar-refractivity contribution in [3.8, 4) is 11.1 Å². The highest BCUT2D eigenvalue weighted by Crippen LogP contribution is 2.25. The zero-order valence-electron chi connectivity index (χ0n) is 11.3. The lowest BCUT2D eigenvalue weighted by molar-refractivity contribution is 1.14. The third kappa shape index (κ3) is 1.88. The van der Waals surface area contributed by atoms with Gasteiger partial charge in [-0.15, -0.1) is 0 Å². The van der Waals surface area contributed by atoms with Crippen molar-refractivity contribution in [2.24, 2.45) is 0 Å². The highest BCUT2D eigenvalue weighted by Gasteiger charge is 2.07. The van der Waals surface area contributed by atoms with Gasteiger partial charge in [-0.2, -0.15) is 4.98 Å². The first kappa shape index (κ1) is 11.8. The molecule has 4 aromatic rings. The summed E-state index contributed by atoms with van der Waals surface area (Å²) in [5.41, 5.74) is 9.94. The Morgan fingerprint density at radius 2 is 1.86 bits per heavy atom. The lowest BCUT2D eigenvalue weighted by Crippen LogP contribution is -1.99. The summed E-state index contributed by atoms with van der Waals surface area (Å²) in [5, 5.41) is 1.97. The number of nitrogens with zero attached hydrogens (tertiary/aromatic N) is 4. The molecule has 0 bridgehead atoms. The number of aromatic amines is 1. The molecule has 0 saturated heterocycles. The summed E-state index contributed by atoms with van der Waals surface area (Å²) >= 11 is 0. The van der Waals surface area contributed by atoms with Crippen LogP contribution in [0.5, 0.6) is 0 Å². The van der Waals surface area contributed by atoms with E-state index in [9.17, 15) is 0 Å². The molecule has 0 aromatic carbocycles. The molecule has 0 fully saturated rings. The molecule has 21 heavy (non-hydrogen) atoms. The molecule has 0 atom stereocenters. The van der Waals surface area contributed by atoms with E-state index in [1.807, 2.05) is 31.5 Å². The maximum absolute atomic E-state index is 5.65. The van der Waals surface area contributed by atoms with Crippen LogP contribution >= 0.6 is 0 Å². The van der Waals surface area contributed by atoms with Crippen molar-refractivity contribution >= 4 is 28.0 Å². The van der Waals surface area contributed by atoms with Crippen LogP contribution in [0, 0.1) is 6.92 Å². The van der Waals surface area contributed by atoms with Crippen LogP contribution in [0.2, 0.25) is 0 Å². The van der Waals surface area contributed by atoms with Gasteiger partial charge in [0, 0.05) is 40.5 Å². The van der Waals surface area contributed by atoms with Crippen LogP contribution in [0.1, 0.15) is 5.69 Å². The maximum atomic E-state index is 5.65. The highest BCUT2D eigenvalue weighted by molar-refractivity contribution is 5.86. The standard InChI is InChI=1S/C15H12N6/c1-8-12-5-11(7-19-14(12)21-15(16)20-8)10-4-9-2-3-17-13(9)18-6-10/h2-7H,1H3,(H,17,18)(H2,16,19,20,21). The molecule has 0 aliphatic rings. The van der Waals surface area contributed by atoms with Gasteiger partial charge in [-0.3, -0.25) is 0 Å². The van der Waals surface area contributed by atoms with E-state index in [0.717, 1.165) is 33.2 Å². The number of nitrogen functional groups attached to an aromatic ring is 1. The van der Waals surface area contributed by atoms with Crippen molar-refractivity contribution in [3.05, 3.63) is 42.5 Å². The molecule has 0 aliphatic heterocycles. The second-order valence-corrected chi connectivity index (χ2v) is 4.90. The number of nitrogens with two attached hydrogens (primary N) is 1. The van der Waals surface area contributed by atoms with Crippen LogP contribution in [0.15, 0.2) is 36.8 Å². The van der Waals surface area contributed by atoms with Crippen LogP contribution in [0.4, 0.5) is 5.95 Å². The zero-order chi connectivity index (χ0) is 14.4. The molecule has 0 spiro atoms. The number of anilines is 1. The predicted octanol–water partition coefficient (Wildman–Crippen LogP) is 2.46. The Morgan fingerprint density at radius 1 is 1.05 bits per heavy atom. The number of hydrogen-bond donors (Lipinski definition) is 2. The molecule has 0 amide bonds. The number of hydrogen-bond acceptors (Lipinski definition) is 5. The average Bonchev–Trinajstić information content (AvgIpc) is 2.94. The molecule has 102 valence electrons. The smallest absolute Gasteiger partial charge is 0.222 e. The molecule has 6 nitrogen and oxygen atoms in total. The van der Waals surface area contributed by atoms with Gasteiger partial charge >= 0.3 is 0 Å². The fourth-order valence-electron chi connectivity index (χ4n) is 2.43. The van der Waals surface area contributed by atoms with E-state index in [1.54, 1.807) is 6.20 Å². The van der Waals surface area contributed by atoms with Gasteiger partial charge in [-0.25, -0.2) is 15.0 Å². The summed E-state index contributed by atoms with van der Waals surface area (Å²) in [6, 6.07) is 6.09. The first-order chi connectivity index (χ1) is 10.2. The van der Waals surface area contributed by atoms with E-state index >= 15 is 0 Å².